The number of anilines is 2. The average molecular weight is 286 g/mol. The Labute approximate surface area is 126 Å². The van der Waals surface area contributed by atoms with E-state index in [1.165, 1.54) is 11.6 Å². The van der Waals surface area contributed by atoms with Crippen LogP contribution >= 0.6 is 0 Å². The predicted molar refractivity (Wildman–Crippen MR) is 87.6 cm³/mol. The summed E-state index contributed by atoms with van der Waals surface area (Å²) in [5, 5.41) is 0. The van der Waals surface area contributed by atoms with Crippen LogP contribution in [0.5, 0.6) is 0 Å². The van der Waals surface area contributed by atoms with Crippen LogP contribution in [0.1, 0.15) is 25.0 Å². The lowest BCUT2D eigenvalue weighted by Crippen LogP contribution is -2.20. The van der Waals surface area contributed by atoms with Crippen LogP contribution in [0.4, 0.5) is 15.8 Å². The van der Waals surface area contributed by atoms with Gasteiger partial charge in [0, 0.05) is 24.5 Å². The molecule has 0 saturated carbocycles. The van der Waals surface area contributed by atoms with E-state index in [4.69, 9.17) is 5.73 Å². The zero-order valence-corrected chi connectivity index (χ0v) is 12.9. The molecule has 0 amide bonds. The van der Waals surface area contributed by atoms with Gasteiger partial charge in [-0.2, -0.15) is 0 Å². The zero-order valence-electron chi connectivity index (χ0n) is 12.9. The Morgan fingerprint density at radius 3 is 2.38 bits per heavy atom. The van der Waals surface area contributed by atoms with Gasteiger partial charge in [0.2, 0.25) is 0 Å². The molecule has 0 fully saturated rings. The van der Waals surface area contributed by atoms with Crippen LogP contribution in [0.3, 0.4) is 0 Å². The highest BCUT2D eigenvalue weighted by molar-refractivity contribution is 5.66. The van der Waals surface area contributed by atoms with Gasteiger partial charge in [0.1, 0.15) is 5.82 Å². The first-order valence-electron chi connectivity index (χ1n) is 7.38. The quantitative estimate of drug-likeness (QED) is 0.898. The van der Waals surface area contributed by atoms with Crippen LogP contribution in [0.2, 0.25) is 0 Å². The smallest absolute Gasteiger partial charge is 0.123 e. The van der Waals surface area contributed by atoms with Crippen LogP contribution in [-0.4, -0.2) is 13.1 Å². The van der Waals surface area contributed by atoms with E-state index in [1.807, 2.05) is 20.0 Å². The summed E-state index contributed by atoms with van der Waals surface area (Å²) in [5.41, 5.74) is 10.2. The molecule has 0 aliphatic heterocycles. The molecule has 3 heteroatoms. The van der Waals surface area contributed by atoms with Crippen molar-refractivity contribution in [2.24, 2.45) is 5.73 Å². The van der Waals surface area contributed by atoms with E-state index >= 15 is 0 Å². The summed E-state index contributed by atoms with van der Waals surface area (Å²) in [5.74, 6) is -0.218. The van der Waals surface area contributed by atoms with Crippen molar-refractivity contribution < 1.29 is 4.39 Å². The number of aryl methyl sites for hydroxylation is 1. The van der Waals surface area contributed by atoms with Crippen molar-refractivity contribution in [1.82, 2.24) is 0 Å². The number of halogens is 1. The average Bonchev–Trinajstić information content (AvgIpc) is 2.46. The molecule has 112 valence electrons. The number of hydrogen-bond donors (Lipinski definition) is 1. The lowest BCUT2D eigenvalue weighted by atomic mass is 10.0. The summed E-state index contributed by atoms with van der Waals surface area (Å²) in [6, 6.07) is 13.3. The van der Waals surface area contributed by atoms with Crippen LogP contribution in [0, 0.1) is 5.82 Å². The zero-order chi connectivity index (χ0) is 15.4. The third kappa shape index (κ3) is 3.82. The molecule has 0 aromatic heterocycles. The van der Waals surface area contributed by atoms with E-state index in [2.05, 4.69) is 36.1 Å². The molecule has 0 radical (unpaired) electrons. The standard InChI is InChI=1S/C18H23FN2/c1-4-14-5-8-17(9-6-14)21(3)18-10-7-16(19)12-15(18)11-13(2)20/h5-10,12-13H,4,11,20H2,1-3H3. The summed E-state index contributed by atoms with van der Waals surface area (Å²) < 4.78 is 13.5. The van der Waals surface area contributed by atoms with E-state index in [1.54, 1.807) is 6.07 Å². The van der Waals surface area contributed by atoms with E-state index in [0.717, 1.165) is 23.4 Å². The number of hydrogen-bond acceptors (Lipinski definition) is 2. The first-order valence-corrected chi connectivity index (χ1v) is 7.38. The fourth-order valence-electron chi connectivity index (χ4n) is 2.49. The lowest BCUT2D eigenvalue weighted by molar-refractivity contribution is 0.623. The largest absolute Gasteiger partial charge is 0.344 e. The number of nitrogens with zero attached hydrogens (tertiary/aromatic N) is 1. The summed E-state index contributed by atoms with van der Waals surface area (Å²) in [4.78, 5) is 2.08. The van der Waals surface area contributed by atoms with Crippen molar-refractivity contribution in [2.75, 3.05) is 11.9 Å². The maximum atomic E-state index is 13.5. The van der Waals surface area contributed by atoms with Gasteiger partial charge in [-0.25, -0.2) is 4.39 Å². The van der Waals surface area contributed by atoms with Crippen LogP contribution in [0.15, 0.2) is 42.5 Å². The Morgan fingerprint density at radius 1 is 1.14 bits per heavy atom. The Morgan fingerprint density at radius 2 is 1.81 bits per heavy atom. The van der Waals surface area contributed by atoms with Crippen molar-refractivity contribution >= 4 is 11.4 Å². The second-order valence-electron chi connectivity index (χ2n) is 5.53. The Balaban J connectivity index is 2.34. The van der Waals surface area contributed by atoms with Crippen molar-refractivity contribution in [3.63, 3.8) is 0 Å². The maximum Gasteiger partial charge on any atom is 0.123 e. The predicted octanol–water partition coefficient (Wildman–Crippen LogP) is 4.05. The fourth-order valence-corrected chi connectivity index (χ4v) is 2.49. The van der Waals surface area contributed by atoms with Gasteiger partial charge in [-0.1, -0.05) is 19.1 Å². The molecule has 1 unspecified atom stereocenters. The molecule has 1 atom stereocenters. The van der Waals surface area contributed by atoms with Crippen LogP contribution < -0.4 is 10.6 Å². The molecule has 2 rings (SSSR count). The number of rotatable bonds is 5. The Bertz CT molecular complexity index is 591. The minimum Gasteiger partial charge on any atom is -0.344 e. The number of benzene rings is 2. The monoisotopic (exact) mass is 286 g/mol. The summed E-state index contributed by atoms with van der Waals surface area (Å²) in [7, 11) is 2.00. The molecule has 2 aromatic rings. The fraction of sp³-hybridized carbons (Fsp3) is 0.333. The van der Waals surface area contributed by atoms with E-state index < -0.39 is 0 Å². The summed E-state index contributed by atoms with van der Waals surface area (Å²) >= 11 is 0. The topological polar surface area (TPSA) is 29.3 Å². The van der Waals surface area contributed by atoms with Crippen LogP contribution in [0.25, 0.3) is 0 Å². The third-order valence-electron chi connectivity index (χ3n) is 3.68. The highest BCUT2D eigenvalue weighted by Gasteiger charge is 2.12. The van der Waals surface area contributed by atoms with Gasteiger partial charge >= 0.3 is 0 Å². The second-order valence-corrected chi connectivity index (χ2v) is 5.53. The van der Waals surface area contributed by atoms with Gasteiger partial charge in [-0.05, 0) is 61.2 Å². The van der Waals surface area contributed by atoms with E-state index in [-0.39, 0.29) is 11.9 Å². The minimum absolute atomic E-state index is 0.00131. The lowest BCUT2D eigenvalue weighted by Gasteiger charge is -2.23. The molecule has 2 aromatic carbocycles. The highest BCUT2D eigenvalue weighted by atomic mass is 19.1. The first kappa shape index (κ1) is 15.5. The molecule has 2 N–H and O–H groups in total. The summed E-state index contributed by atoms with van der Waals surface area (Å²) in [6.07, 6.45) is 1.68. The molecule has 0 heterocycles. The molecule has 0 spiro atoms. The highest BCUT2D eigenvalue weighted by Crippen LogP contribution is 2.28. The molecule has 21 heavy (non-hydrogen) atoms. The Kier molecular flexibility index (Phi) is 4.97. The maximum absolute atomic E-state index is 13.5. The van der Waals surface area contributed by atoms with Gasteiger partial charge in [-0.15, -0.1) is 0 Å². The normalized spacial score (nSPS) is 12.2. The second kappa shape index (κ2) is 6.72. The first-order chi connectivity index (χ1) is 10.0. The molecule has 0 aliphatic rings. The molecular formula is C18H23FN2. The third-order valence-corrected chi connectivity index (χ3v) is 3.68. The van der Waals surface area contributed by atoms with Crippen molar-refractivity contribution in [2.45, 2.75) is 32.7 Å². The van der Waals surface area contributed by atoms with Crippen molar-refractivity contribution in [3.05, 3.63) is 59.4 Å². The van der Waals surface area contributed by atoms with Gasteiger partial charge in [0.15, 0.2) is 0 Å². The SMILES string of the molecule is CCc1ccc(N(C)c2ccc(F)cc2CC(C)N)cc1. The molecular weight excluding hydrogens is 263 g/mol. The molecule has 0 aliphatic carbocycles. The van der Waals surface area contributed by atoms with Crippen LogP contribution in [-0.2, 0) is 12.8 Å². The van der Waals surface area contributed by atoms with Gasteiger partial charge in [-0.3, -0.25) is 0 Å². The minimum atomic E-state index is -0.218. The van der Waals surface area contributed by atoms with Gasteiger partial charge in [0.25, 0.3) is 0 Å². The summed E-state index contributed by atoms with van der Waals surface area (Å²) in [6.45, 7) is 4.07. The van der Waals surface area contributed by atoms with E-state index in [9.17, 15) is 4.39 Å². The van der Waals surface area contributed by atoms with Gasteiger partial charge < -0.3 is 10.6 Å². The van der Waals surface area contributed by atoms with Crippen molar-refractivity contribution in [1.29, 1.82) is 0 Å². The number of nitrogens with two attached hydrogens (primary N) is 1. The van der Waals surface area contributed by atoms with Crippen molar-refractivity contribution in [3.8, 4) is 0 Å². The van der Waals surface area contributed by atoms with Gasteiger partial charge in [0.05, 0.1) is 0 Å². The van der Waals surface area contributed by atoms with E-state index in [0.29, 0.717) is 6.42 Å². The molecule has 2 nitrogen and oxygen atoms in total. The Hall–Kier alpha value is -1.87. The molecule has 0 saturated heterocycles. The molecule has 0 bridgehead atoms.